The SMILES string of the molecule is CNS(=O)(=O)c1cccc(C(=O)N2CCC[C@@H](c3nc4ccccc4s3)C2)c1. The number of amides is 1. The number of fused-ring (bicyclic) bond motifs is 1. The number of hydrogen-bond donors (Lipinski definition) is 1. The molecule has 1 aliphatic rings. The number of aromatic nitrogens is 1. The summed E-state index contributed by atoms with van der Waals surface area (Å²) in [4.78, 5) is 19.7. The maximum atomic E-state index is 13.0. The Bertz CT molecular complexity index is 1090. The third kappa shape index (κ3) is 3.67. The van der Waals surface area contributed by atoms with Crippen LogP contribution < -0.4 is 4.72 Å². The van der Waals surface area contributed by atoms with E-state index in [4.69, 9.17) is 4.98 Å². The average molecular weight is 416 g/mol. The number of piperidine rings is 1. The number of nitrogens with zero attached hydrogens (tertiary/aromatic N) is 2. The lowest BCUT2D eigenvalue weighted by Crippen LogP contribution is -2.39. The molecule has 28 heavy (non-hydrogen) atoms. The van der Waals surface area contributed by atoms with E-state index < -0.39 is 10.0 Å². The molecular weight excluding hydrogens is 394 g/mol. The Morgan fingerprint density at radius 3 is 2.82 bits per heavy atom. The first-order chi connectivity index (χ1) is 13.5. The summed E-state index contributed by atoms with van der Waals surface area (Å²) in [5.41, 5.74) is 1.39. The van der Waals surface area contributed by atoms with Gasteiger partial charge in [0.25, 0.3) is 5.91 Å². The largest absolute Gasteiger partial charge is 0.338 e. The van der Waals surface area contributed by atoms with Crippen molar-refractivity contribution in [3.63, 3.8) is 0 Å². The van der Waals surface area contributed by atoms with E-state index in [9.17, 15) is 13.2 Å². The molecule has 1 aromatic heterocycles. The van der Waals surface area contributed by atoms with Crippen molar-refractivity contribution < 1.29 is 13.2 Å². The first-order valence-electron chi connectivity index (χ1n) is 9.16. The monoisotopic (exact) mass is 415 g/mol. The van der Waals surface area contributed by atoms with Gasteiger partial charge in [-0.2, -0.15) is 0 Å². The molecule has 1 saturated heterocycles. The summed E-state index contributed by atoms with van der Waals surface area (Å²) in [6.07, 6.45) is 1.90. The van der Waals surface area contributed by atoms with Crippen LogP contribution in [0.25, 0.3) is 10.2 Å². The van der Waals surface area contributed by atoms with Gasteiger partial charge in [0.2, 0.25) is 10.0 Å². The van der Waals surface area contributed by atoms with Crippen LogP contribution in [0.3, 0.4) is 0 Å². The second-order valence-electron chi connectivity index (χ2n) is 6.85. The molecule has 3 aromatic rings. The second kappa shape index (κ2) is 7.62. The minimum Gasteiger partial charge on any atom is -0.338 e. The van der Waals surface area contributed by atoms with Crippen LogP contribution in [-0.4, -0.2) is 44.3 Å². The van der Waals surface area contributed by atoms with Crippen molar-refractivity contribution in [2.45, 2.75) is 23.7 Å². The normalized spacial score (nSPS) is 17.8. The predicted molar refractivity (Wildman–Crippen MR) is 110 cm³/mol. The van der Waals surface area contributed by atoms with Gasteiger partial charge in [-0.15, -0.1) is 11.3 Å². The first-order valence-corrected chi connectivity index (χ1v) is 11.5. The van der Waals surface area contributed by atoms with Crippen LogP contribution in [0.2, 0.25) is 0 Å². The van der Waals surface area contributed by atoms with E-state index in [0.717, 1.165) is 28.1 Å². The molecular formula is C20H21N3O3S2. The highest BCUT2D eigenvalue weighted by molar-refractivity contribution is 7.89. The van der Waals surface area contributed by atoms with E-state index in [1.54, 1.807) is 23.5 Å². The summed E-state index contributed by atoms with van der Waals surface area (Å²) in [5.74, 6) is 0.0679. The van der Waals surface area contributed by atoms with E-state index in [2.05, 4.69) is 10.8 Å². The molecule has 0 radical (unpaired) electrons. The van der Waals surface area contributed by atoms with Crippen LogP contribution in [-0.2, 0) is 10.0 Å². The molecule has 146 valence electrons. The Morgan fingerprint density at radius 1 is 1.21 bits per heavy atom. The lowest BCUT2D eigenvalue weighted by atomic mass is 9.98. The lowest BCUT2D eigenvalue weighted by Gasteiger charge is -2.32. The Labute approximate surface area is 168 Å². The molecule has 1 amide bonds. The van der Waals surface area contributed by atoms with Gasteiger partial charge in [-0.25, -0.2) is 18.1 Å². The van der Waals surface area contributed by atoms with Gasteiger partial charge < -0.3 is 4.90 Å². The highest BCUT2D eigenvalue weighted by atomic mass is 32.2. The fourth-order valence-electron chi connectivity index (χ4n) is 3.52. The molecule has 1 N–H and O–H groups in total. The van der Waals surface area contributed by atoms with Crippen molar-refractivity contribution in [1.82, 2.24) is 14.6 Å². The van der Waals surface area contributed by atoms with E-state index in [0.29, 0.717) is 18.7 Å². The molecule has 2 heterocycles. The number of likely N-dealkylation sites (tertiary alicyclic amines) is 1. The highest BCUT2D eigenvalue weighted by Crippen LogP contribution is 2.33. The molecule has 0 unspecified atom stereocenters. The molecule has 0 spiro atoms. The molecule has 1 atom stereocenters. The van der Waals surface area contributed by atoms with Gasteiger partial charge in [0.15, 0.2) is 0 Å². The molecule has 0 saturated carbocycles. The van der Waals surface area contributed by atoms with Gasteiger partial charge in [-0.3, -0.25) is 4.79 Å². The van der Waals surface area contributed by atoms with Crippen LogP contribution >= 0.6 is 11.3 Å². The number of hydrogen-bond acceptors (Lipinski definition) is 5. The summed E-state index contributed by atoms with van der Waals surface area (Å²) in [5, 5.41) is 1.06. The first kappa shape index (κ1) is 19.0. The van der Waals surface area contributed by atoms with Crippen molar-refractivity contribution in [1.29, 1.82) is 0 Å². The molecule has 6 nitrogen and oxygen atoms in total. The van der Waals surface area contributed by atoms with Crippen LogP contribution in [0.1, 0.15) is 34.1 Å². The lowest BCUT2D eigenvalue weighted by molar-refractivity contribution is 0.0707. The number of carbonyl (C=O) groups is 1. The van der Waals surface area contributed by atoms with Crippen LogP contribution in [0.4, 0.5) is 0 Å². The number of rotatable bonds is 4. The molecule has 0 aliphatic carbocycles. The van der Waals surface area contributed by atoms with Gasteiger partial charge in [0.1, 0.15) is 0 Å². The van der Waals surface area contributed by atoms with Crippen molar-refractivity contribution in [2.24, 2.45) is 0 Å². The van der Waals surface area contributed by atoms with Crippen molar-refractivity contribution in [3.8, 4) is 0 Å². The number of para-hydroxylation sites is 1. The second-order valence-corrected chi connectivity index (χ2v) is 9.79. The van der Waals surface area contributed by atoms with Crippen molar-refractivity contribution in [3.05, 3.63) is 59.1 Å². The minimum atomic E-state index is -3.58. The van der Waals surface area contributed by atoms with Gasteiger partial charge in [-0.1, -0.05) is 18.2 Å². The van der Waals surface area contributed by atoms with Gasteiger partial charge in [0, 0.05) is 24.6 Å². The zero-order valence-corrected chi connectivity index (χ0v) is 17.1. The number of thiazole rings is 1. The molecule has 4 rings (SSSR count). The summed E-state index contributed by atoms with van der Waals surface area (Å²) in [6.45, 7) is 1.27. The van der Waals surface area contributed by atoms with E-state index in [-0.39, 0.29) is 16.7 Å². The summed E-state index contributed by atoms with van der Waals surface area (Å²) >= 11 is 1.69. The third-order valence-corrected chi connectivity index (χ3v) is 7.64. The van der Waals surface area contributed by atoms with E-state index in [1.165, 1.54) is 19.2 Å². The number of benzene rings is 2. The smallest absolute Gasteiger partial charge is 0.253 e. The maximum Gasteiger partial charge on any atom is 0.253 e. The minimum absolute atomic E-state index is 0.0978. The molecule has 1 fully saturated rings. The fourth-order valence-corrected chi connectivity index (χ4v) is 5.39. The van der Waals surface area contributed by atoms with Crippen molar-refractivity contribution in [2.75, 3.05) is 20.1 Å². The Hall–Kier alpha value is -2.29. The standard InChI is InChI=1S/C20H21N3O3S2/c1-21-28(25,26)16-8-4-6-14(12-16)20(24)23-11-5-7-15(13-23)19-22-17-9-2-3-10-18(17)27-19/h2-4,6,8-10,12,15,21H,5,7,11,13H2,1H3/t15-/m1/s1. The van der Waals surface area contributed by atoms with Gasteiger partial charge in [-0.05, 0) is 50.2 Å². The fraction of sp³-hybridized carbons (Fsp3) is 0.300. The molecule has 1 aliphatic heterocycles. The van der Waals surface area contributed by atoms with Gasteiger partial charge in [0.05, 0.1) is 20.1 Å². The third-order valence-electron chi connectivity index (χ3n) is 5.03. The highest BCUT2D eigenvalue weighted by Gasteiger charge is 2.28. The number of sulfonamides is 1. The van der Waals surface area contributed by atoms with Crippen molar-refractivity contribution >= 4 is 37.5 Å². The van der Waals surface area contributed by atoms with Gasteiger partial charge >= 0.3 is 0 Å². The Balaban J connectivity index is 1.56. The van der Waals surface area contributed by atoms with E-state index >= 15 is 0 Å². The molecule has 8 heteroatoms. The Kier molecular flexibility index (Phi) is 5.18. The average Bonchev–Trinajstić information content (AvgIpc) is 3.18. The Morgan fingerprint density at radius 2 is 2.04 bits per heavy atom. The molecule has 0 bridgehead atoms. The zero-order chi connectivity index (χ0) is 19.7. The zero-order valence-electron chi connectivity index (χ0n) is 15.5. The summed E-state index contributed by atoms with van der Waals surface area (Å²) in [7, 11) is -2.22. The van der Waals surface area contributed by atoms with Crippen LogP contribution in [0, 0.1) is 0 Å². The summed E-state index contributed by atoms with van der Waals surface area (Å²) < 4.78 is 27.5. The maximum absolute atomic E-state index is 13.0. The quantitative estimate of drug-likeness (QED) is 0.710. The van der Waals surface area contributed by atoms with E-state index in [1.807, 2.05) is 23.1 Å². The summed E-state index contributed by atoms with van der Waals surface area (Å²) in [6, 6.07) is 14.3. The van der Waals surface area contributed by atoms with Crippen LogP contribution in [0.5, 0.6) is 0 Å². The van der Waals surface area contributed by atoms with Crippen LogP contribution in [0.15, 0.2) is 53.4 Å². The number of carbonyl (C=O) groups excluding carboxylic acids is 1. The topological polar surface area (TPSA) is 79.4 Å². The predicted octanol–water partition coefficient (Wildman–Crippen LogP) is 3.22. The molecule has 2 aromatic carbocycles. The number of nitrogens with one attached hydrogen (secondary N) is 1.